The zero-order chi connectivity index (χ0) is 13.3. The first-order valence-corrected chi connectivity index (χ1v) is 7.74. The molecule has 1 aromatic rings. The summed E-state index contributed by atoms with van der Waals surface area (Å²) in [6, 6.07) is 1.69. The molecule has 0 amide bonds. The zero-order valence-corrected chi connectivity index (χ0v) is 11.8. The Labute approximate surface area is 108 Å². The number of furan rings is 1. The van der Waals surface area contributed by atoms with Crippen LogP contribution in [0.4, 0.5) is 0 Å². The number of aryl methyl sites for hydroxylation is 1. The molecule has 2 unspecified atom stereocenters. The van der Waals surface area contributed by atoms with Crippen LogP contribution in [0.3, 0.4) is 0 Å². The maximum Gasteiger partial charge on any atom is 0.244 e. The summed E-state index contributed by atoms with van der Waals surface area (Å²) in [6.07, 6.45) is 0.917. The molecule has 5 nitrogen and oxygen atoms in total. The van der Waals surface area contributed by atoms with E-state index in [2.05, 4.69) is 10.0 Å². The van der Waals surface area contributed by atoms with E-state index in [-0.39, 0.29) is 10.9 Å². The predicted molar refractivity (Wildman–Crippen MR) is 68.7 cm³/mol. The van der Waals surface area contributed by atoms with Gasteiger partial charge in [-0.2, -0.15) is 0 Å². The molecule has 0 saturated heterocycles. The van der Waals surface area contributed by atoms with E-state index in [0.717, 1.165) is 13.0 Å². The molecular weight excluding hydrogens is 252 g/mol. The van der Waals surface area contributed by atoms with Crippen molar-refractivity contribution >= 4 is 10.0 Å². The molecule has 1 aromatic heterocycles. The van der Waals surface area contributed by atoms with E-state index in [0.29, 0.717) is 24.0 Å². The van der Waals surface area contributed by atoms with E-state index >= 15 is 0 Å². The minimum atomic E-state index is -3.44. The van der Waals surface area contributed by atoms with Crippen molar-refractivity contribution in [1.82, 2.24) is 10.0 Å². The highest BCUT2D eigenvalue weighted by Crippen LogP contribution is 2.31. The Balaban J connectivity index is 2.13. The number of hydrogen-bond donors (Lipinski definition) is 2. The van der Waals surface area contributed by atoms with Crippen LogP contribution in [-0.4, -0.2) is 21.0 Å². The summed E-state index contributed by atoms with van der Waals surface area (Å²) < 4.78 is 32.4. The van der Waals surface area contributed by atoms with Gasteiger partial charge in [0.05, 0.1) is 6.54 Å². The molecule has 6 heteroatoms. The first-order chi connectivity index (χ1) is 8.44. The topological polar surface area (TPSA) is 71.3 Å². The second kappa shape index (κ2) is 5.03. The number of sulfonamides is 1. The van der Waals surface area contributed by atoms with E-state index < -0.39 is 10.0 Å². The number of nitrogens with one attached hydrogen (secondary N) is 2. The number of hydrogen-bond acceptors (Lipinski definition) is 4. The second-order valence-corrected chi connectivity index (χ2v) is 6.54. The van der Waals surface area contributed by atoms with E-state index in [9.17, 15) is 8.42 Å². The summed E-state index contributed by atoms with van der Waals surface area (Å²) in [5.74, 6) is 1.54. The lowest BCUT2D eigenvalue weighted by Crippen LogP contribution is -2.27. The summed E-state index contributed by atoms with van der Waals surface area (Å²) in [6.45, 7) is 7.07. The van der Waals surface area contributed by atoms with Gasteiger partial charge in [0.2, 0.25) is 10.0 Å². The monoisotopic (exact) mass is 272 g/mol. The summed E-state index contributed by atoms with van der Waals surface area (Å²) in [4.78, 5) is 0.259. The van der Waals surface area contributed by atoms with Crippen LogP contribution in [0.15, 0.2) is 15.4 Å². The van der Waals surface area contributed by atoms with Crippen LogP contribution < -0.4 is 10.0 Å². The molecule has 1 heterocycles. The summed E-state index contributed by atoms with van der Waals surface area (Å²) in [5.41, 5.74) is 0. The van der Waals surface area contributed by atoms with Crippen LogP contribution in [0.1, 0.15) is 31.8 Å². The van der Waals surface area contributed by atoms with Gasteiger partial charge in [-0.25, -0.2) is 13.1 Å². The van der Waals surface area contributed by atoms with Crippen molar-refractivity contribution in [2.75, 3.05) is 6.54 Å². The van der Waals surface area contributed by atoms with Gasteiger partial charge < -0.3 is 9.73 Å². The van der Waals surface area contributed by atoms with Crippen LogP contribution in [0.25, 0.3) is 0 Å². The van der Waals surface area contributed by atoms with Crippen LogP contribution in [-0.2, 0) is 16.6 Å². The maximum absolute atomic E-state index is 12.1. The SMILES string of the molecule is CCNCc1cc(S(=O)(=O)NC2CC2C)c(C)o1. The molecule has 1 fully saturated rings. The molecule has 18 heavy (non-hydrogen) atoms. The predicted octanol–water partition coefficient (Wildman–Crippen LogP) is 1.38. The Hall–Kier alpha value is -0.850. The minimum Gasteiger partial charge on any atom is -0.464 e. The quantitative estimate of drug-likeness (QED) is 0.821. The Morgan fingerprint density at radius 3 is 2.72 bits per heavy atom. The van der Waals surface area contributed by atoms with Gasteiger partial charge in [0.15, 0.2) is 0 Å². The van der Waals surface area contributed by atoms with Gasteiger partial charge in [0, 0.05) is 12.1 Å². The van der Waals surface area contributed by atoms with Gasteiger partial charge in [0.25, 0.3) is 0 Å². The molecule has 2 rings (SSSR count). The third kappa shape index (κ3) is 2.93. The fourth-order valence-corrected chi connectivity index (χ4v) is 3.44. The van der Waals surface area contributed by atoms with Crippen LogP contribution in [0.2, 0.25) is 0 Å². The Morgan fingerprint density at radius 2 is 2.17 bits per heavy atom. The van der Waals surface area contributed by atoms with Crippen molar-refractivity contribution in [3.05, 3.63) is 17.6 Å². The molecule has 1 saturated carbocycles. The molecule has 2 atom stereocenters. The van der Waals surface area contributed by atoms with Crippen molar-refractivity contribution in [2.24, 2.45) is 5.92 Å². The van der Waals surface area contributed by atoms with Crippen molar-refractivity contribution in [3.63, 3.8) is 0 Å². The van der Waals surface area contributed by atoms with Gasteiger partial charge in [-0.3, -0.25) is 0 Å². The van der Waals surface area contributed by atoms with Crippen molar-refractivity contribution in [3.8, 4) is 0 Å². The fraction of sp³-hybridized carbons (Fsp3) is 0.667. The van der Waals surface area contributed by atoms with E-state index in [1.54, 1.807) is 13.0 Å². The van der Waals surface area contributed by atoms with Gasteiger partial charge in [-0.1, -0.05) is 13.8 Å². The van der Waals surface area contributed by atoms with Crippen molar-refractivity contribution in [1.29, 1.82) is 0 Å². The average molecular weight is 272 g/mol. The normalized spacial score (nSPS) is 23.3. The highest BCUT2D eigenvalue weighted by molar-refractivity contribution is 7.89. The lowest BCUT2D eigenvalue weighted by Gasteiger charge is -2.03. The Bertz CT molecular complexity index is 521. The lowest BCUT2D eigenvalue weighted by molar-refractivity contribution is 0.460. The first kappa shape index (κ1) is 13.6. The molecule has 1 aliphatic carbocycles. The molecule has 102 valence electrons. The van der Waals surface area contributed by atoms with Gasteiger partial charge >= 0.3 is 0 Å². The Kier molecular flexibility index (Phi) is 3.79. The minimum absolute atomic E-state index is 0.0847. The fourth-order valence-electron chi connectivity index (χ4n) is 1.88. The first-order valence-electron chi connectivity index (χ1n) is 6.26. The average Bonchev–Trinajstić information content (AvgIpc) is 2.82. The summed E-state index contributed by atoms with van der Waals surface area (Å²) in [7, 11) is -3.44. The van der Waals surface area contributed by atoms with E-state index in [1.807, 2.05) is 13.8 Å². The van der Waals surface area contributed by atoms with E-state index in [4.69, 9.17) is 4.42 Å². The largest absolute Gasteiger partial charge is 0.464 e. The number of rotatable bonds is 6. The standard InChI is InChI=1S/C12H20N2O3S/c1-4-13-7-10-6-12(9(3)17-10)18(15,16)14-11-5-8(11)2/h6,8,11,13-14H,4-5,7H2,1-3H3. The maximum atomic E-state index is 12.1. The van der Waals surface area contributed by atoms with Gasteiger partial charge in [-0.15, -0.1) is 0 Å². The Morgan fingerprint density at radius 1 is 1.50 bits per heavy atom. The summed E-state index contributed by atoms with van der Waals surface area (Å²) >= 11 is 0. The molecular formula is C12H20N2O3S. The van der Waals surface area contributed by atoms with Crippen LogP contribution in [0.5, 0.6) is 0 Å². The van der Waals surface area contributed by atoms with Crippen LogP contribution in [0, 0.1) is 12.8 Å². The lowest BCUT2D eigenvalue weighted by atomic mass is 10.4. The van der Waals surface area contributed by atoms with E-state index in [1.165, 1.54) is 0 Å². The molecule has 0 aliphatic heterocycles. The van der Waals surface area contributed by atoms with Crippen LogP contribution >= 0.6 is 0 Å². The molecule has 0 spiro atoms. The molecule has 0 radical (unpaired) electrons. The summed E-state index contributed by atoms with van der Waals surface area (Å²) in [5, 5.41) is 3.11. The molecule has 2 N–H and O–H groups in total. The highest BCUT2D eigenvalue weighted by atomic mass is 32.2. The third-order valence-electron chi connectivity index (χ3n) is 3.18. The van der Waals surface area contributed by atoms with Crippen molar-refractivity contribution < 1.29 is 12.8 Å². The second-order valence-electron chi connectivity index (χ2n) is 4.85. The zero-order valence-electron chi connectivity index (χ0n) is 11.0. The third-order valence-corrected chi connectivity index (χ3v) is 4.78. The molecule has 0 bridgehead atoms. The highest BCUT2D eigenvalue weighted by Gasteiger charge is 2.37. The van der Waals surface area contributed by atoms with Gasteiger partial charge in [0.1, 0.15) is 16.4 Å². The molecule has 1 aliphatic rings. The van der Waals surface area contributed by atoms with Gasteiger partial charge in [-0.05, 0) is 25.8 Å². The van der Waals surface area contributed by atoms with Crippen molar-refractivity contribution in [2.45, 2.75) is 44.7 Å². The molecule has 0 aromatic carbocycles. The smallest absolute Gasteiger partial charge is 0.244 e.